The number of hydrogen-bond donors (Lipinski definition) is 4. The maximum absolute atomic E-state index is 14.5. The average molecular weight is 692 g/mol. The lowest BCUT2D eigenvalue weighted by Gasteiger charge is -2.38. The molecule has 1 aromatic carbocycles. The van der Waals surface area contributed by atoms with Gasteiger partial charge in [-0.25, -0.2) is 0 Å². The molecule has 1 saturated carbocycles. The number of hydrogen-bond acceptors (Lipinski definition) is 6. The molecule has 2 heterocycles. The van der Waals surface area contributed by atoms with E-state index in [-0.39, 0.29) is 65.8 Å². The van der Waals surface area contributed by atoms with E-state index in [1.165, 1.54) is 6.08 Å². The average Bonchev–Trinajstić information content (AvgIpc) is 3.31. The predicted octanol–water partition coefficient (Wildman–Crippen LogP) is 4.57. The van der Waals surface area contributed by atoms with Gasteiger partial charge in [-0.1, -0.05) is 93.0 Å². The van der Waals surface area contributed by atoms with Crippen molar-refractivity contribution < 1.29 is 29.1 Å². The molecule has 1 aliphatic heterocycles. The smallest absolute Gasteiger partial charge is 0.289 e. The van der Waals surface area contributed by atoms with Gasteiger partial charge in [-0.3, -0.25) is 24.0 Å². The number of benzene rings is 1. The summed E-state index contributed by atoms with van der Waals surface area (Å²) in [5.74, 6) is -3.16. The molecule has 4 N–H and O–H groups in total. The first-order chi connectivity index (χ1) is 23.2. The molecule has 4 amide bonds. The van der Waals surface area contributed by atoms with Crippen LogP contribution in [0.25, 0.3) is 10.8 Å². The number of nitrogens with zero attached hydrogens (tertiary/aromatic N) is 2. The van der Waals surface area contributed by atoms with Gasteiger partial charge in [0, 0.05) is 43.0 Å². The molecule has 4 rings (SSSR count). The molecule has 0 bridgehead atoms. The Kier molecular flexibility index (Phi) is 11.3. The molecule has 1 saturated heterocycles. The number of likely N-dealkylation sites (tertiary alicyclic amines) is 1. The van der Waals surface area contributed by atoms with Gasteiger partial charge in [0.05, 0.1) is 18.0 Å². The summed E-state index contributed by atoms with van der Waals surface area (Å²) in [4.78, 5) is 69.5. The number of carbonyl (C=O) groups is 5. The molecule has 50 heavy (non-hydrogen) atoms. The number of aromatic nitrogens is 1. The highest BCUT2D eigenvalue weighted by Gasteiger charge is 2.69. The van der Waals surface area contributed by atoms with E-state index in [0.29, 0.717) is 19.5 Å². The highest BCUT2D eigenvalue weighted by Crippen LogP contribution is 2.65. The summed E-state index contributed by atoms with van der Waals surface area (Å²) in [6.45, 7) is 22.2. The Morgan fingerprint density at radius 1 is 1.04 bits per heavy atom. The fourth-order valence-electron chi connectivity index (χ4n) is 7.51. The molecule has 1 aliphatic carbocycles. The summed E-state index contributed by atoms with van der Waals surface area (Å²) in [5.41, 5.74) is -1.16. The van der Waals surface area contributed by atoms with Crippen molar-refractivity contribution in [1.82, 2.24) is 25.4 Å². The third-order valence-corrected chi connectivity index (χ3v) is 10.9. The first-order valence-corrected chi connectivity index (χ1v) is 17.8. The molecule has 274 valence electrons. The van der Waals surface area contributed by atoms with Gasteiger partial charge >= 0.3 is 0 Å². The molecule has 2 fully saturated rings. The Balaban J connectivity index is 1.54. The molecule has 11 nitrogen and oxygen atoms in total. The number of carbonyl (C=O) groups excluding carboxylic acids is 5. The molecule has 1 aromatic heterocycles. The molecule has 2 aromatic rings. The van der Waals surface area contributed by atoms with E-state index in [9.17, 15) is 29.1 Å². The number of aromatic hydroxyl groups is 1. The van der Waals surface area contributed by atoms with Gasteiger partial charge in [0.2, 0.25) is 23.5 Å². The summed E-state index contributed by atoms with van der Waals surface area (Å²) in [6, 6.07) is 5.34. The predicted molar refractivity (Wildman–Crippen MR) is 194 cm³/mol. The van der Waals surface area contributed by atoms with Crippen molar-refractivity contribution in [2.24, 2.45) is 34.0 Å². The third-order valence-electron chi connectivity index (χ3n) is 10.9. The number of ketones is 1. The van der Waals surface area contributed by atoms with Crippen LogP contribution in [0.1, 0.15) is 81.6 Å². The number of rotatable bonds is 14. The highest BCUT2D eigenvalue weighted by molar-refractivity contribution is 6.38. The Morgan fingerprint density at radius 2 is 1.70 bits per heavy atom. The minimum Gasteiger partial charge on any atom is -0.494 e. The molecule has 11 heteroatoms. The lowest BCUT2D eigenvalue weighted by molar-refractivity contribution is -0.149. The quantitative estimate of drug-likeness (QED) is 0.169. The lowest BCUT2D eigenvalue weighted by Crippen LogP contribution is -2.57. The van der Waals surface area contributed by atoms with Crippen molar-refractivity contribution in [2.45, 2.75) is 106 Å². The number of Topliss-reactive ketones (excluding diaryl/α,β-unsaturated/α-hetero) is 1. The van der Waals surface area contributed by atoms with Crippen LogP contribution in [-0.2, 0) is 30.5 Å². The van der Waals surface area contributed by atoms with E-state index < -0.39 is 41.0 Å². The van der Waals surface area contributed by atoms with Gasteiger partial charge in [0.1, 0.15) is 6.04 Å². The molecule has 0 spiro atoms. The standard InChI is InChI=1S/C39H57N5O6/c1-11-15-27(32(46)34(48)40-18-12-2)41-33(47)31-30-26(39(30,9)10)21-44(31)36(50)25(37(3,4)5)19-29(45)42-28(38(6,7)8)22-43-20-23-16-13-14-17-24(23)35(43)49/h12-14,16-17,20,25-28,30-31,49H,2,11,15,18-19,21-22H2,1,3-10H3,(H,40,48)(H,41,47)(H,42,45)/t25-,26+,27?,28-,30+,31+/m1/s1. The van der Waals surface area contributed by atoms with E-state index in [1.54, 1.807) is 9.47 Å². The van der Waals surface area contributed by atoms with Gasteiger partial charge in [0.15, 0.2) is 5.88 Å². The van der Waals surface area contributed by atoms with Crippen LogP contribution in [0.5, 0.6) is 5.88 Å². The van der Waals surface area contributed by atoms with Gasteiger partial charge in [-0.05, 0) is 40.6 Å². The first kappa shape index (κ1) is 38.6. The maximum Gasteiger partial charge on any atom is 0.289 e. The second kappa shape index (κ2) is 14.6. The van der Waals surface area contributed by atoms with Crippen LogP contribution in [0.2, 0.25) is 0 Å². The third kappa shape index (κ3) is 8.08. The van der Waals surface area contributed by atoms with E-state index >= 15 is 0 Å². The van der Waals surface area contributed by atoms with Crippen LogP contribution in [0.3, 0.4) is 0 Å². The molecule has 0 radical (unpaired) electrons. The lowest BCUT2D eigenvalue weighted by atomic mass is 9.77. The largest absolute Gasteiger partial charge is 0.494 e. The Bertz CT molecular complexity index is 1630. The number of nitrogens with one attached hydrogen (secondary N) is 3. The summed E-state index contributed by atoms with van der Waals surface area (Å²) in [5, 5.41) is 21.0. The van der Waals surface area contributed by atoms with Crippen LogP contribution in [0.15, 0.2) is 43.1 Å². The molecular formula is C39H57N5O6. The molecule has 2 aliphatic rings. The van der Waals surface area contributed by atoms with Gasteiger partial charge in [0.25, 0.3) is 5.91 Å². The van der Waals surface area contributed by atoms with Crippen LogP contribution in [0, 0.1) is 34.0 Å². The van der Waals surface area contributed by atoms with Crippen LogP contribution >= 0.6 is 0 Å². The van der Waals surface area contributed by atoms with Crippen molar-refractivity contribution >= 4 is 40.2 Å². The Morgan fingerprint density at radius 3 is 2.28 bits per heavy atom. The minimum atomic E-state index is -1.02. The van der Waals surface area contributed by atoms with E-state index in [1.807, 2.05) is 78.9 Å². The monoisotopic (exact) mass is 691 g/mol. The van der Waals surface area contributed by atoms with Crippen LogP contribution in [-0.4, -0.2) is 75.2 Å². The molecule has 6 atom stereocenters. The van der Waals surface area contributed by atoms with Crippen molar-refractivity contribution in [3.63, 3.8) is 0 Å². The Labute approximate surface area is 296 Å². The van der Waals surface area contributed by atoms with Crippen LogP contribution < -0.4 is 16.0 Å². The summed E-state index contributed by atoms with van der Waals surface area (Å²) in [7, 11) is 0. The Hall–Kier alpha value is -4.15. The zero-order valence-corrected chi connectivity index (χ0v) is 31.3. The summed E-state index contributed by atoms with van der Waals surface area (Å²) < 4.78 is 1.74. The molecular weight excluding hydrogens is 634 g/mol. The van der Waals surface area contributed by atoms with Gasteiger partial charge in [-0.15, -0.1) is 6.58 Å². The summed E-state index contributed by atoms with van der Waals surface area (Å²) in [6.07, 6.45) is 4.10. The maximum atomic E-state index is 14.5. The SMILES string of the molecule is C=CCNC(=O)C(=O)C(CCC)NC(=O)[C@@H]1[C@@H]2[C@H](CN1C(=O)[C@@H](CC(=O)N[C@H](Cn1cc3ccccc3c1O)C(C)(C)C)C(C)(C)C)C2(C)C. The second-order valence-corrected chi connectivity index (χ2v) is 16.9. The fourth-order valence-corrected chi connectivity index (χ4v) is 7.51. The number of piperidine rings is 1. The van der Waals surface area contributed by atoms with Crippen molar-refractivity contribution in [1.29, 1.82) is 0 Å². The van der Waals surface area contributed by atoms with Gasteiger partial charge in [-0.2, -0.15) is 0 Å². The van der Waals surface area contributed by atoms with E-state index in [0.717, 1.165) is 10.8 Å². The zero-order valence-electron chi connectivity index (χ0n) is 31.3. The van der Waals surface area contributed by atoms with Crippen LogP contribution in [0.4, 0.5) is 0 Å². The number of fused-ring (bicyclic) bond motifs is 2. The zero-order chi connectivity index (χ0) is 37.3. The van der Waals surface area contributed by atoms with Crippen molar-refractivity contribution in [3.05, 3.63) is 43.1 Å². The van der Waals surface area contributed by atoms with E-state index in [4.69, 9.17) is 0 Å². The van der Waals surface area contributed by atoms with Crippen molar-refractivity contribution in [3.8, 4) is 5.88 Å². The minimum absolute atomic E-state index is 0.0848. The normalized spacial score (nSPS) is 21.5. The topological polar surface area (TPSA) is 150 Å². The van der Waals surface area contributed by atoms with E-state index in [2.05, 4.69) is 36.4 Å². The fraction of sp³-hybridized carbons (Fsp3) is 0.615. The number of amides is 4. The van der Waals surface area contributed by atoms with Crippen molar-refractivity contribution in [2.75, 3.05) is 13.1 Å². The molecule has 1 unspecified atom stereocenters. The first-order valence-electron chi connectivity index (χ1n) is 17.8. The summed E-state index contributed by atoms with van der Waals surface area (Å²) >= 11 is 0. The van der Waals surface area contributed by atoms with Gasteiger partial charge < -0.3 is 30.5 Å². The highest BCUT2D eigenvalue weighted by atomic mass is 16.3. The second-order valence-electron chi connectivity index (χ2n) is 16.9.